The molecule has 158 valence electrons. The second-order valence-electron chi connectivity index (χ2n) is 7.11. The van der Waals surface area contributed by atoms with E-state index in [9.17, 15) is 31.1 Å². The second-order valence-corrected chi connectivity index (χ2v) is 7.11. The Balaban J connectivity index is 2.30. The third kappa shape index (κ3) is 5.64. The Labute approximate surface area is 160 Å². The van der Waals surface area contributed by atoms with Crippen molar-refractivity contribution in [2.45, 2.75) is 70.6 Å². The lowest BCUT2D eigenvalue weighted by Crippen LogP contribution is -2.22. The van der Waals surface area contributed by atoms with Crippen LogP contribution in [0.25, 0.3) is 0 Å². The minimum absolute atomic E-state index is 0.204. The SMILES string of the molecule is CCOc1ccc(C(=O)CCCC2CCCCC2)c(C(F)(F)F)c1C(F)(F)F. The van der Waals surface area contributed by atoms with Crippen molar-refractivity contribution in [3.63, 3.8) is 0 Å². The molecular formula is C20H24F6O2. The van der Waals surface area contributed by atoms with Gasteiger partial charge in [0, 0.05) is 12.0 Å². The quantitative estimate of drug-likeness (QED) is 0.355. The fourth-order valence-corrected chi connectivity index (χ4v) is 3.83. The molecule has 0 unspecified atom stereocenters. The van der Waals surface area contributed by atoms with E-state index in [1.165, 1.54) is 6.92 Å². The molecule has 8 heteroatoms. The van der Waals surface area contributed by atoms with E-state index in [0.717, 1.165) is 44.2 Å². The molecule has 1 saturated carbocycles. The Bertz CT molecular complexity index is 672. The molecule has 2 rings (SSSR count). The third-order valence-electron chi connectivity index (χ3n) is 5.08. The summed E-state index contributed by atoms with van der Waals surface area (Å²) in [7, 11) is 0. The van der Waals surface area contributed by atoms with Crippen molar-refractivity contribution in [2.24, 2.45) is 5.92 Å². The van der Waals surface area contributed by atoms with Gasteiger partial charge in [-0.15, -0.1) is 0 Å². The molecule has 0 spiro atoms. The van der Waals surface area contributed by atoms with Crippen LogP contribution in [0.5, 0.6) is 5.75 Å². The van der Waals surface area contributed by atoms with Gasteiger partial charge in [0.2, 0.25) is 0 Å². The van der Waals surface area contributed by atoms with Gasteiger partial charge >= 0.3 is 12.4 Å². The molecule has 2 nitrogen and oxygen atoms in total. The Kier molecular flexibility index (Phi) is 7.39. The summed E-state index contributed by atoms with van der Waals surface area (Å²) in [5.74, 6) is -1.40. The minimum atomic E-state index is -5.33. The van der Waals surface area contributed by atoms with Gasteiger partial charge in [0.05, 0.1) is 12.2 Å². The second kappa shape index (κ2) is 9.18. The smallest absolute Gasteiger partial charge is 0.420 e. The molecule has 0 radical (unpaired) electrons. The van der Waals surface area contributed by atoms with Crippen molar-refractivity contribution in [2.75, 3.05) is 6.61 Å². The first-order chi connectivity index (χ1) is 13.1. The van der Waals surface area contributed by atoms with Crippen LogP contribution in [-0.2, 0) is 12.4 Å². The van der Waals surface area contributed by atoms with Gasteiger partial charge in [-0.05, 0) is 31.4 Å². The van der Waals surface area contributed by atoms with Crippen LogP contribution in [0, 0.1) is 5.92 Å². The highest BCUT2D eigenvalue weighted by molar-refractivity contribution is 5.98. The Morgan fingerprint density at radius 3 is 2.14 bits per heavy atom. The van der Waals surface area contributed by atoms with Crippen molar-refractivity contribution in [3.05, 3.63) is 28.8 Å². The zero-order valence-electron chi connectivity index (χ0n) is 15.7. The highest BCUT2D eigenvalue weighted by atomic mass is 19.4. The maximum absolute atomic E-state index is 13.5. The summed E-state index contributed by atoms with van der Waals surface area (Å²) >= 11 is 0. The monoisotopic (exact) mass is 410 g/mol. The first kappa shape index (κ1) is 22.6. The lowest BCUT2D eigenvalue weighted by atomic mass is 9.85. The van der Waals surface area contributed by atoms with Crippen LogP contribution in [-0.4, -0.2) is 12.4 Å². The van der Waals surface area contributed by atoms with Gasteiger partial charge in [-0.2, -0.15) is 26.3 Å². The van der Waals surface area contributed by atoms with Crippen LogP contribution in [0.4, 0.5) is 26.3 Å². The zero-order chi connectivity index (χ0) is 20.9. The van der Waals surface area contributed by atoms with Crippen molar-refractivity contribution in [1.29, 1.82) is 0 Å². The summed E-state index contributed by atoms with van der Waals surface area (Å²) in [4.78, 5) is 12.4. The van der Waals surface area contributed by atoms with Gasteiger partial charge in [-0.3, -0.25) is 4.79 Å². The van der Waals surface area contributed by atoms with Crippen LogP contribution in [0.2, 0.25) is 0 Å². The van der Waals surface area contributed by atoms with Crippen LogP contribution in [0.1, 0.15) is 79.8 Å². The van der Waals surface area contributed by atoms with Crippen molar-refractivity contribution in [1.82, 2.24) is 0 Å². The van der Waals surface area contributed by atoms with E-state index >= 15 is 0 Å². The molecule has 0 saturated heterocycles. The predicted molar refractivity (Wildman–Crippen MR) is 92.4 cm³/mol. The van der Waals surface area contributed by atoms with Crippen LogP contribution >= 0.6 is 0 Å². The fourth-order valence-electron chi connectivity index (χ4n) is 3.83. The number of carbonyl (C=O) groups excluding carboxylic acids is 1. The van der Waals surface area contributed by atoms with Crippen molar-refractivity contribution in [3.8, 4) is 5.75 Å². The summed E-state index contributed by atoms with van der Waals surface area (Å²) < 4.78 is 85.6. The molecule has 0 aliphatic heterocycles. The van der Waals surface area contributed by atoms with Crippen molar-refractivity contribution < 1.29 is 35.9 Å². The number of alkyl halides is 6. The number of ketones is 1. The Hall–Kier alpha value is -1.73. The fraction of sp³-hybridized carbons (Fsp3) is 0.650. The molecule has 1 aromatic rings. The summed E-state index contributed by atoms with van der Waals surface area (Å²) in [6, 6.07) is 1.60. The van der Waals surface area contributed by atoms with Crippen molar-refractivity contribution >= 4 is 5.78 Å². The number of hydrogen-bond donors (Lipinski definition) is 0. The van der Waals surface area contributed by atoms with Gasteiger partial charge in [0.15, 0.2) is 5.78 Å². The van der Waals surface area contributed by atoms with Crippen LogP contribution in [0.3, 0.4) is 0 Å². The lowest BCUT2D eigenvalue weighted by Gasteiger charge is -2.22. The number of rotatable bonds is 7. The highest BCUT2D eigenvalue weighted by Gasteiger charge is 2.48. The lowest BCUT2D eigenvalue weighted by molar-refractivity contribution is -0.163. The molecule has 0 heterocycles. The van der Waals surface area contributed by atoms with Gasteiger partial charge in [0.25, 0.3) is 0 Å². The highest BCUT2D eigenvalue weighted by Crippen LogP contribution is 2.47. The maximum atomic E-state index is 13.5. The summed E-state index contributed by atoms with van der Waals surface area (Å²) in [6.07, 6.45) is -4.32. The van der Waals surface area contributed by atoms with Gasteiger partial charge < -0.3 is 4.74 Å². The van der Waals surface area contributed by atoms with Gasteiger partial charge in [0.1, 0.15) is 11.3 Å². The van der Waals surface area contributed by atoms with Gasteiger partial charge in [-0.1, -0.05) is 38.5 Å². The predicted octanol–water partition coefficient (Wildman–Crippen LogP) is 7.06. The van der Waals surface area contributed by atoms with E-state index in [1.54, 1.807) is 0 Å². The molecule has 0 amide bonds. The maximum Gasteiger partial charge on any atom is 0.420 e. The molecule has 0 aromatic heterocycles. The molecule has 1 aliphatic rings. The Morgan fingerprint density at radius 2 is 1.61 bits per heavy atom. The minimum Gasteiger partial charge on any atom is -0.493 e. The average molecular weight is 410 g/mol. The van der Waals surface area contributed by atoms with E-state index in [0.29, 0.717) is 18.8 Å². The van der Waals surface area contributed by atoms with Gasteiger partial charge in [-0.25, -0.2) is 0 Å². The van der Waals surface area contributed by atoms with Crippen LogP contribution in [0.15, 0.2) is 12.1 Å². The third-order valence-corrected chi connectivity index (χ3v) is 5.08. The number of benzene rings is 1. The normalized spacial score (nSPS) is 16.2. The van der Waals surface area contributed by atoms with E-state index in [2.05, 4.69) is 0 Å². The number of ether oxygens (including phenoxy) is 1. The summed E-state index contributed by atoms with van der Waals surface area (Å²) in [5, 5.41) is 0. The van der Waals surface area contributed by atoms with E-state index in [4.69, 9.17) is 4.74 Å². The van der Waals surface area contributed by atoms with E-state index < -0.39 is 40.6 Å². The van der Waals surface area contributed by atoms with E-state index in [1.807, 2.05) is 0 Å². The zero-order valence-corrected chi connectivity index (χ0v) is 15.7. The summed E-state index contributed by atoms with van der Waals surface area (Å²) in [5.41, 5.74) is -4.82. The van der Waals surface area contributed by atoms with E-state index in [-0.39, 0.29) is 13.0 Å². The number of halogens is 6. The summed E-state index contributed by atoms with van der Waals surface area (Å²) in [6.45, 7) is 1.15. The first-order valence-corrected chi connectivity index (χ1v) is 9.53. The average Bonchev–Trinajstić information content (AvgIpc) is 2.60. The molecule has 1 aromatic carbocycles. The number of hydrogen-bond acceptors (Lipinski definition) is 2. The number of carbonyl (C=O) groups is 1. The molecule has 1 aliphatic carbocycles. The number of Topliss-reactive ketones (excluding diaryl/α,β-unsaturated/α-hetero) is 1. The topological polar surface area (TPSA) is 26.3 Å². The largest absolute Gasteiger partial charge is 0.493 e. The first-order valence-electron chi connectivity index (χ1n) is 9.53. The molecule has 1 fully saturated rings. The molecule has 0 bridgehead atoms. The molecule has 0 atom stereocenters. The standard InChI is InChI=1S/C20H24F6O2/c1-2-28-16-12-11-14(17(19(21,22)23)18(16)20(24,25)26)15(27)10-6-9-13-7-4-3-5-8-13/h11-13H,2-10H2,1H3. The van der Waals surface area contributed by atoms with Crippen LogP contribution < -0.4 is 4.74 Å². The molecule has 0 N–H and O–H groups in total. The molecule has 28 heavy (non-hydrogen) atoms. The Morgan fingerprint density at radius 1 is 1.00 bits per heavy atom. The molecular weight excluding hydrogens is 386 g/mol.